The van der Waals surface area contributed by atoms with Gasteiger partial charge in [-0.25, -0.2) is 0 Å². The lowest BCUT2D eigenvalue weighted by Gasteiger charge is -2.10. The molecule has 0 fully saturated rings. The molecule has 1 amide bonds. The van der Waals surface area contributed by atoms with Gasteiger partial charge in [0, 0.05) is 23.6 Å². The molecule has 0 aromatic heterocycles. The number of carbonyl (C=O) groups is 1. The van der Waals surface area contributed by atoms with E-state index in [0.29, 0.717) is 6.54 Å². The average molecular weight is 373 g/mol. The van der Waals surface area contributed by atoms with E-state index in [1.54, 1.807) is 6.08 Å². The number of halogens is 1. The van der Waals surface area contributed by atoms with Crippen molar-refractivity contribution in [3.8, 4) is 0 Å². The molecule has 0 bridgehead atoms. The van der Waals surface area contributed by atoms with Gasteiger partial charge in [0.15, 0.2) is 0 Å². The Hall–Kier alpha value is -1.91. The lowest BCUT2D eigenvalue weighted by atomic mass is 10.1. The Bertz CT molecular complexity index is 661. The molecular formula is C19H21BrN2O. The summed E-state index contributed by atoms with van der Waals surface area (Å²) in [6.45, 7) is 1.45. The second kappa shape index (κ2) is 8.65. The lowest BCUT2D eigenvalue weighted by Crippen LogP contribution is -2.20. The summed E-state index contributed by atoms with van der Waals surface area (Å²) in [5, 5.41) is 2.90. The minimum atomic E-state index is -0.0923. The van der Waals surface area contributed by atoms with Gasteiger partial charge in [-0.15, -0.1) is 0 Å². The predicted octanol–water partition coefficient (Wildman–Crippen LogP) is 3.84. The van der Waals surface area contributed by atoms with Crippen molar-refractivity contribution in [1.82, 2.24) is 10.2 Å². The van der Waals surface area contributed by atoms with Gasteiger partial charge in [-0.2, -0.15) is 0 Å². The molecule has 2 rings (SSSR count). The van der Waals surface area contributed by atoms with Crippen LogP contribution in [0.4, 0.5) is 0 Å². The summed E-state index contributed by atoms with van der Waals surface area (Å²) in [6.07, 6.45) is 3.37. The minimum absolute atomic E-state index is 0.0923. The summed E-state index contributed by atoms with van der Waals surface area (Å²) in [7, 11) is 4.10. The molecule has 120 valence electrons. The summed E-state index contributed by atoms with van der Waals surface area (Å²) >= 11 is 3.39. The summed E-state index contributed by atoms with van der Waals surface area (Å²) < 4.78 is 1.02. The van der Waals surface area contributed by atoms with Gasteiger partial charge in [0.05, 0.1) is 0 Å². The number of hydrogen-bond donors (Lipinski definition) is 1. The fourth-order valence-corrected chi connectivity index (χ4v) is 2.39. The first-order chi connectivity index (χ1) is 11.0. The van der Waals surface area contributed by atoms with Gasteiger partial charge in [-0.3, -0.25) is 4.79 Å². The molecule has 0 aliphatic heterocycles. The van der Waals surface area contributed by atoms with Gasteiger partial charge < -0.3 is 10.2 Å². The lowest BCUT2D eigenvalue weighted by molar-refractivity contribution is -0.116. The van der Waals surface area contributed by atoms with Crippen LogP contribution in [0.15, 0.2) is 59.1 Å². The Balaban J connectivity index is 1.83. The third-order valence-electron chi connectivity index (χ3n) is 3.29. The molecule has 0 aliphatic carbocycles. The second-order valence-corrected chi connectivity index (χ2v) is 6.57. The van der Waals surface area contributed by atoms with E-state index in [4.69, 9.17) is 0 Å². The number of amides is 1. The van der Waals surface area contributed by atoms with E-state index >= 15 is 0 Å². The molecule has 4 heteroatoms. The summed E-state index contributed by atoms with van der Waals surface area (Å²) in [5.74, 6) is -0.0923. The van der Waals surface area contributed by atoms with Crippen molar-refractivity contribution in [2.45, 2.75) is 13.1 Å². The first-order valence-electron chi connectivity index (χ1n) is 7.47. The van der Waals surface area contributed by atoms with E-state index in [-0.39, 0.29) is 5.91 Å². The van der Waals surface area contributed by atoms with Crippen LogP contribution in [0.3, 0.4) is 0 Å². The normalized spacial score (nSPS) is 11.1. The van der Waals surface area contributed by atoms with Crippen molar-refractivity contribution in [2.75, 3.05) is 14.1 Å². The van der Waals surface area contributed by atoms with Crippen LogP contribution < -0.4 is 5.32 Å². The molecule has 2 aromatic rings. The molecule has 0 atom stereocenters. The number of hydrogen-bond acceptors (Lipinski definition) is 2. The van der Waals surface area contributed by atoms with Crippen molar-refractivity contribution in [3.63, 3.8) is 0 Å². The zero-order valence-electron chi connectivity index (χ0n) is 13.4. The van der Waals surface area contributed by atoms with Crippen molar-refractivity contribution in [3.05, 3.63) is 75.8 Å². The highest BCUT2D eigenvalue weighted by Crippen LogP contribution is 2.11. The monoisotopic (exact) mass is 372 g/mol. The number of nitrogens with zero attached hydrogens (tertiary/aromatic N) is 1. The maximum Gasteiger partial charge on any atom is 0.244 e. The highest BCUT2D eigenvalue weighted by Gasteiger charge is 1.99. The minimum Gasteiger partial charge on any atom is -0.348 e. The van der Waals surface area contributed by atoms with Crippen LogP contribution in [0.5, 0.6) is 0 Å². The molecule has 0 unspecified atom stereocenters. The predicted molar refractivity (Wildman–Crippen MR) is 98.9 cm³/mol. The quantitative estimate of drug-likeness (QED) is 0.781. The molecule has 2 aromatic carbocycles. The molecule has 0 saturated carbocycles. The molecule has 0 spiro atoms. The van der Waals surface area contributed by atoms with E-state index in [1.807, 2.05) is 44.4 Å². The van der Waals surface area contributed by atoms with Gasteiger partial charge in [0.25, 0.3) is 0 Å². The topological polar surface area (TPSA) is 32.3 Å². The van der Waals surface area contributed by atoms with Crippen LogP contribution >= 0.6 is 15.9 Å². The van der Waals surface area contributed by atoms with Gasteiger partial charge >= 0.3 is 0 Å². The largest absolute Gasteiger partial charge is 0.348 e. The van der Waals surface area contributed by atoms with E-state index in [2.05, 4.69) is 50.4 Å². The molecule has 0 saturated heterocycles. The van der Waals surface area contributed by atoms with E-state index in [9.17, 15) is 4.79 Å². The van der Waals surface area contributed by atoms with E-state index in [0.717, 1.165) is 22.1 Å². The van der Waals surface area contributed by atoms with Gasteiger partial charge in [0.2, 0.25) is 5.91 Å². The first-order valence-corrected chi connectivity index (χ1v) is 8.26. The summed E-state index contributed by atoms with van der Waals surface area (Å²) in [6, 6.07) is 16.1. The zero-order valence-corrected chi connectivity index (χ0v) is 15.0. The molecule has 23 heavy (non-hydrogen) atoms. The molecule has 0 aliphatic rings. The summed E-state index contributed by atoms with van der Waals surface area (Å²) in [5.41, 5.74) is 3.36. The maximum atomic E-state index is 11.9. The van der Waals surface area contributed by atoms with E-state index < -0.39 is 0 Å². The molecular weight excluding hydrogens is 352 g/mol. The molecule has 0 radical (unpaired) electrons. The van der Waals surface area contributed by atoms with Crippen LogP contribution in [0.2, 0.25) is 0 Å². The average Bonchev–Trinajstić information content (AvgIpc) is 2.53. The Kier molecular flexibility index (Phi) is 6.56. The Morgan fingerprint density at radius 2 is 1.65 bits per heavy atom. The van der Waals surface area contributed by atoms with Crippen LogP contribution in [-0.2, 0) is 17.9 Å². The van der Waals surface area contributed by atoms with E-state index in [1.165, 1.54) is 5.56 Å². The third-order valence-corrected chi connectivity index (χ3v) is 3.81. The first kappa shape index (κ1) is 17.4. The fourth-order valence-electron chi connectivity index (χ4n) is 2.12. The van der Waals surface area contributed by atoms with Crippen molar-refractivity contribution >= 4 is 27.9 Å². The van der Waals surface area contributed by atoms with Crippen LogP contribution in [0.25, 0.3) is 6.08 Å². The highest BCUT2D eigenvalue weighted by atomic mass is 79.9. The van der Waals surface area contributed by atoms with Gasteiger partial charge in [0.1, 0.15) is 0 Å². The Morgan fingerprint density at radius 3 is 2.26 bits per heavy atom. The zero-order chi connectivity index (χ0) is 16.7. The summed E-state index contributed by atoms with van der Waals surface area (Å²) in [4.78, 5) is 14.0. The second-order valence-electron chi connectivity index (χ2n) is 5.66. The number of nitrogens with one attached hydrogen (secondary N) is 1. The van der Waals surface area contributed by atoms with Crippen LogP contribution in [0.1, 0.15) is 16.7 Å². The molecule has 3 nitrogen and oxygen atoms in total. The fraction of sp³-hybridized carbons (Fsp3) is 0.211. The Morgan fingerprint density at radius 1 is 1.04 bits per heavy atom. The Labute approximate surface area is 146 Å². The molecule has 1 N–H and O–H groups in total. The van der Waals surface area contributed by atoms with Crippen LogP contribution in [-0.4, -0.2) is 24.9 Å². The van der Waals surface area contributed by atoms with Crippen LogP contribution in [0, 0.1) is 0 Å². The van der Waals surface area contributed by atoms with Crippen molar-refractivity contribution < 1.29 is 4.79 Å². The number of carbonyl (C=O) groups excluding carboxylic acids is 1. The molecule has 0 heterocycles. The van der Waals surface area contributed by atoms with Gasteiger partial charge in [-0.05, 0) is 49.0 Å². The standard InChI is InChI=1S/C19H21BrN2O/c1-22(2)14-17-5-3-16(4-6-17)13-21-19(23)12-9-15-7-10-18(20)11-8-15/h3-12H,13-14H2,1-2H3,(H,21,23)/b12-9+. The number of benzene rings is 2. The number of rotatable bonds is 6. The van der Waals surface area contributed by atoms with Crippen molar-refractivity contribution in [1.29, 1.82) is 0 Å². The smallest absolute Gasteiger partial charge is 0.244 e. The maximum absolute atomic E-state index is 11.9. The van der Waals surface area contributed by atoms with Crippen molar-refractivity contribution in [2.24, 2.45) is 0 Å². The SMILES string of the molecule is CN(C)Cc1ccc(CNC(=O)/C=C/c2ccc(Br)cc2)cc1. The highest BCUT2D eigenvalue weighted by molar-refractivity contribution is 9.10. The third kappa shape index (κ3) is 6.38. The van der Waals surface area contributed by atoms with Gasteiger partial charge in [-0.1, -0.05) is 52.3 Å².